The zero-order chi connectivity index (χ0) is 17.8. The van der Waals surface area contributed by atoms with E-state index in [0.29, 0.717) is 23.3 Å². The molecule has 0 spiro atoms. The van der Waals surface area contributed by atoms with Crippen molar-refractivity contribution < 1.29 is 9.53 Å². The number of aromatic nitrogens is 2. The van der Waals surface area contributed by atoms with E-state index in [9.17, 15) is 4.79 Å². The summed E-state index contributed by atoms with van der Waals surface area (Å²) in [4.78, 5) is 12.3. The van der Waals surface area contributed by atoms with Crippen molar-refractivity contribution in [3.8, 4) is 11.5 Å². The molecule has 1 amide bonds. The summed E-state index contributed by atoms with van der Waals surface area (Å²) in [6, 6.07) is 20.6. The minimum atomic E-state index is -0.299. The number of hydrogen-bond donors (Lipinski definition) is 2. The Morgan fingerprint density at radius 3 is 2.27 bits per heavy atom. The van der Waals surface area contributed by atoms with Crippen molar-refractivity contribution in [3.63, 3.8) is 0 Å². The van der Waals surface area contributed by atoms with Crippen molar-refractivity contribution in [1.29, 1.82) is 0 Å². The smallest absolute Gasteiger partial charge is 0.276 e. The van der Waals surface area contributed by atoms with E-state index in [4.69, 9.17) is 4.74 Å². The van der Waals surface area contributed by atoms with Gasteiger partial charge in [0.05, 0.1) is 0 Å². The van der Waals surface area contributed by atoms with Gasteiger partial charge in [-0.2, -0.15) is 0 Å². The van der Waals surface area contributed by atoms with Crippen LogP contribution in [0.25, 0.3) is 0 Å². The first-order valence-corrected chi connectivity index (χ1v) is 8.51. The lowest BCUT2D eigenvalue weighted by Gasteiger charge is -2.08. The third-order valence-electron chi connectivity index (χ3n) is 3.92. The van der Waals surface area contributed by atoms with Crippen molar-refractivity contribution in [1.82, 2.24) is 10.2 Å². The molecule has 4 rings (SSSR count). The van der Waals surface area contributed by atoms with Crippen molar-refractivity contribution >= 4 is 17.4 Å². The van der Waals surface area contributed by atoms with E-state index in [2.05, 4.69) is 20.8 Å². The number of hydrogen-bond acceptors (Lipinski definition) is 5. The van der Waals surface area contributed by atoms with Gasteiger partial charge < -0.3 is 15.4 Å². The maximum atomic E-state index is 12.3. The average molecular weight is 346 g/mol. The van der Waals surface area contributed by atoms with Crippen LogP contribution in [0.1, 0.15) is 23.3 Å². The van der Waals surface area contributed by atoms with Crippen LogP contribution >= 0.6 is 0 Å². The molecule has 6 heteroatoms. The summed E-state index contributed by atoms with van der Waals surface area (Å²) in [5.41, 5.74) is 0.938. The normalized spacial score (nSPS) is 13.1. The van der Waals surface area contributed by atoms with Crippen LogP contribution in [-0.4, -0.2) is 22.1 Å². The maximum Gasteiger partial charge on any atom is 0.276 e. The van der Waals surface area contributed by atoms with E-state index < -0.39 is 0 Å². The fourth-order valence-electron chi connectivity index (χ4n) is 2.39. The van der Waals surface area contributed by atoms with E-state index in [1.807, 2.05) is 30.3 Å². The van der Waals surface area contributed by atoms with Crippen molar-refractivity contribution in [2.45, 2.75) is 18.9 Å². The van der Waals surface area contributed by atoms with Gasteiger partial charge in [-0.1, -0.05) is 18.2 Å². The summed E-state index contributed by atoms with van der Waals surface area (Å²) in [5, 5.41) is 14.1. The van der Waals surface area contributed by atoms with Gasteiger partial charge in [-0.3, -0.25) is 4.79 Å². The Bertz CT molecular complexity index is 876. The molecule has 6 nitrogen and oxygen atoms in total. The summed E-state index contributed by atoms with van der Waals surface area (Å²) < 4.78 is 5.73. The minimum absolute atomic E-state index is 0.274. The molecule has 0 saturated heterocycles. The molecule has 0 aliphatic heterocycles. The zero-order valence-electron chi connectivity index (χ0n) is 14.1. The summed E-state index contributed by atoms with van der Waals surface area (Å²) >= 11 is 0. The van der Waals surface area contributed by atoms with Gasteiger partial charge >= 0.3 is 0 Å². The Morgan fingerprint density at radius 2 is 1.62 bits per heavy atom. The van der Waals surface area contributed by atoms with Crippen LogP contribution < -0.4 is 15.4 Å². The fourth-order valence-corrected chi connectivity index (χ4v) is 2.39. The number of benzene rings is 2. The Labute approximate surface area is 151 Å². The quantitative estimate of drug-likeness (QED) is 0.703. The highest BCUT2D eigenvalue weighted by Crippen LogP contribution is 2.24. The second kappa shape index (κ2) is 7.23. The molecule has 1 aromatic heterocycles. The molecule has 1 aliphatic carbocycles. The lowest BCUT2D eigenvalue weighted by molar-refractivity contribution is 0.102. The molecule has 0 atom stereocenters. The largest absolute Gasteiger partial charge is 0.457 e. The Kier molecular flexibility index (Phi) is 4.47. The van der Waals surface area contributed by atoms with E-state index >= 15 is 0 Å². The van der Waals surface area contributed by atoms with E-state index in [-0.39, 0.29) is 11.6 Å². The monoisotopic (exact) mass is 346 g/mol. The molecule has 1 aliphatic rings. The van der Waals surface area contributed by atoms with E-state index in [1.165, 1.54) is 0 Å². The summed E-state index contributed by atoms with van der Waals surface area (Å²) in [6.07, 6.45) is 2.32. The maximum absolute atomic E-state index is 12.3. The predicted molar refractivity (Wildman–Crippen MR) is 99.6 cm³/mol. The molecular weight excluding hydrogens is 328 g/mol. The van der Waals surface area contributed by atoms with Crippen molar-refractivity contribution in [2.24, 2.45) is 0 Å². The van der Waals surface area contributed by atoms with Crippen LogP contribution in [0.5, 0.6) is 11.5 Å². The highest BCUT2D eigenvalue weighted by molar-refractivity contribution is 6.02. The lowest BCUT2D eigenvalue weighted by atomic mass is 10.2. The number of carbonyl (C=O) groups is 1. The molecule has 0 radical (unpaired) electrons. The molecule has 0 unspecified atom stereocenters. The molecule has 130 valence electrons. The Hall–Kier alpha value is -3.41. The first-order valence-electron chi connectivity index (χ1n) is 8.51. The van der Waals surface area contributed by atoms with Gasteiger partial charge in [-0.05, 0) is 61.4 Å². The van der Waals surface area contributed by atoms with E-state index in [1.54, 1.807) is 36.4 Å². The molecule has 1 saturated carbocycles. The van der Waals surface area contributed by atoms with Gasteiger partial charge in [0, 0.05) is 11.7 Å². The molecule has 1 fully saturated rings. The first kappa shape index (κ1) is 16.1. The predicted octanol–water partition coefficient (Wildman–Crippen LogP) is 4.10. The van der Waals surface area contributed by atoms with Crippen LogP contribution in [0.4, 0.5) is 11.5 Å². The van der Waals surface area contributed by atoms with Gasteiger partial charge in [-0.25, -0.2) is 0 Å². The summed E-state index contributed by atoms with van der Waals surface area (Å²) in [7, 11) is 0. The molecule has 1 heterocycles. The van der Waals surface area contributed by atoms with Gasteiger partial charge in [0.2, 0.25) is 0 Å². The number of nitrogens with zero attached hydrogens (tertiary/aromatic N) is 2. The van der Waals surface area contributed by atoms with Crippen LogP contribution in [-0.2, 0) is 0 Å². The third-order valence-corrected chi connectivity index (χ3v) is 3.92. The van der Waals surface area contributed by atoms with Gasteiger partial charge in [0.25, 0.3) is 5.91 Å². The van der Waals surface area contributed by atoms with Crippen LogP contribution in [0.2, 0.25) is 0 Å². The van der Waals surface area contributed by atoms with Crippen molar-refractivity contribution in [2.75, 3.05) is 10.6 Å². The van der Waals surface area contributed by atoms with E-state index in [0.717, 1.165) is 18.6 Å². The van der Waals surface area contributed by atoms with Gasteiger partial charge in [0.15, 0.2) is 5.69 Å². The molecule has 2 N–H and O–H groups in total. The number of para-hydroxylation sites is 1. The summed E-state index contributed by atoms with van der Waals surface area (Å²) in [5.74, 6) is 1.86. The average Bonchev–Trinajstić information content (AvgIpc) is 3.49. The highest BCUT2D eigenvalue weighted by Gasteiger charge is 2.21. The zero-order valence-corrected chi connectivity index (χ0v) is 14.1. The molecule has 26 heavy (non-hydrogen) atoms. The lowest BCUT2D eigenvalue weighted by Crippen LogP contribution is -2.15. The second-order valence-electron chi connectivity index (χ2n) is 6.12. The first-order chi connectivity index (χ1) is 12.8. The minimum Gasteiger partial charge on any atom is -0.457 e. The molecule has 3 aromatic rings. The molecule has 0 bridgehead atoms. The number of amides is 1. The van der Waals surface area contributed by atoms with Gasteiger partial charge in [0.1, 0.15) is 17.3 Å². The van der Waals surface area contributed by atoms with Gasteiger partial charge in [-0.15, -0.1) is 10.2 Å². The fraction of sp³-hybridized carbons (Fsp3) is 0.150. The SMILES string of the molecule is O=C(Nc1ccc(Oc2ccccc2)cc1)c1ccc(NC2CC2)nn1. The van der Waals surface area contributed by atoms with Crippen LogP contribution in [0.3, 0.4) is 0 Å². The topological polar surface area (TPSA) is 76.1 Å². The summed E-state index contributed by atoms with van der Waals surface area (Å²) in [6.45, 7) is 0. The third kappa shape index (κ3) is 4.16. The number of nitrogens with one attached hydrogen (secondary N) is 2. The number of carbonyl (C=O) groups excluding carboxylic acids is 1. The van der Waals surface area contributed by atoms with Crippen LogP contribution in [0.15, 0.2) is 66.7 Å². The highest BCUT2D eigenvalue weighted by atomic mass is 16.5. The van der Waals surface area contributed by atoms with Crippen molar-refractivity contribution in [3.05, 3.63) is 72.4 Å². The molecular formula is C20H18N4O2. The Balaban J connectivity index is 1.36. The standard InChI is InChI=1S/C20H18N4O2/c25-20(18-12-13-19(24-23-18)21-14-6-7-14)22-15-8-10-17(11-9-15)26-16-4-2-1-3-5-16/h1-5,8-14H,6-7H2,(H,21,24)(H,22,25). The second-order valence-corrected chi connectivity index (χ2v) is 6.12. The van der Waals surface area contributed by atoms with Crippen LogP contribution in [0, 0.1) is 0 Å². The number of anilines is 2. The number of rotatable bonds is 6. The molecule has 2 aromatic carbocycles. The Morgan fingerprint density at radius 1 is 0.885 bits per heavy atom. The number of ether oxygens (including phenoxy) is 1.